The van der Waals surface area contributed by atoms with E-state index in [0.29, 0.717) is 12.2 Å². The molecule has 0 spiro atoms. The third kappa shape index (κ3) is 3.20. The van der Waals surface area contributed by atoms with Gasteiger partial charge in [0.05, 0.1) is 5.69 Å². The normalized spacial score (nSPS) is 14.2. The zero-order valence-corrected chi connectivity index (χ0v) is 12.1. The summed E-state index contributed by atoms with van der Waals surface area (Å²) in [5.41, 5.74) is -0.244. The molecule has 118 valence electrons. The Morgan fingerprint density at radius 3 is 2.59 bits per heavy atom. The second kappa shape index (κ2) is 6.18. The Hall–Kier alpha value is -1.73. The van der Waals surface area contributed by atoms with Gasteiger partial charge in [-0.05, 0) is 25.1 Å². The van der Waals surface area contributed by atoms with Crippen LogP contribution < -0.4 is 5.32 Å². The monoisotopic (exact) mass is 333 g/mol. The molecular formula is C14H12ClF4N3. The van der Waals surface area contributed by atoms with Crippen molar-refractivity contribution in [1.82, 2.24) is 15.3 Å². The molecule has 0 radical (unpaired) electrons. The third-order valence-corrected chi connectivity index (χ3v) is 3.29. The minimum Gasteiger partial charge on any atom is -0.311 e. The molecule has 0 bridgehead atoms. The van der Waals surface area contributed by atoms with E-state index in [1.807, 2.05) is 0 Å². The molecule has 2 aromatic rings. The number of halogens is 5. The molecule has 1 N–H and O–H groups in total. The van der Waals surface area contributed by atoms with Gasteiger partial charge >= 0.3 is 6.18 Å². The highest BCUT2D eigenvalue weighted by atomic mass is 35.5. The average Bonchev–Trinajstić information content (AvgIpc) is 2.45. The summed E-state index contributed by atoms with van der Waals surface area (Å²) in [6.45, 7) is 0.710. The number of hydrogen-bond acceptors (Lipinski definition) is 3. The fraction of sp³-hybridized carbons (Fsp3) is 0.286. The second-order valence-electron chi connectivity index (χ2n) is 4.76. The number of hydrogen-bond donors (Lipinski definition) is 1. The second-order valence-corrected chi connectivity index (χ2v) is 4.76. The smallest absolute Gasteiger partial charge is 0.311 e. The molecule has 0 amide bonds. The molecule has 0 saturated carbocycles. The van der Waals surface area contributed by atoms with E-state index >= 15 is 0 Å². The first-order valence-corrected chi connectivity index (χ1v) is 6.39. The Morgan fingerprint density at radius 1 is 1.14 bits per heavy atom. The van der Waals surface area contributed by atoms with Gasteiger partial charge < -0.3 is 5.32 Å². The Balaban J connectivity index is 0.00000176. The van der Waals surface area contributed by atoms with Crippen molar-refractivity contribution < 1.29 is 17.6 Å². The predicted molar refractivity (Wildman–Crippen MR) is 75.1 cm³/mol. The van der Waals surface area contributed by atoms with Crippen molar-refractivity contribution in [2.45, 2.75) is 19.1 Å². The van der Waals surface area contributed by atoms with Crippen LogP contribution in [0.1, 0.15) is 17.0 Å². The van der Waals surface area contributed by atoms with Crippen molar-refractivity contribution in [3.63, 3.8) is 0 Å². The SMILES string of the molecule is Cl.Fc1cccc(-c2nc3c(c(C(F)(F)F)n2)CCNC3)c1. The van der Waals surface area contributed by atoms with Crippen molar-refractivity contribution in [2.75, 3.05) is 6.54 Å². The zero-order valence-electron chi connectivity index (χ0n) is 11.2. The van der Waals surface area contributed by atoms with Crippen molar-refractivity contribution in [1.29, 1.82) is 0 Å². The number of rotatable bonds is 1. The van der Waals surface area contributed by atoms with Crippen molar-refractivity contribution in [3.05, 3.63) is 47.0 Å². The molecule has 1 aromatic heterocycles. The van der Waals surface area contributed by atoms with E-state index in [1.165, 1.54) is 18.2 Å². The Bertz CT molecular complexity index is 688. The van der Waals surface area contributed by atoms with E-state index < -0.39 is 17.7 Å². The van der Waals surface area contributed by atoms with Gasteiger partial charge in [-0.25, -0.2) is 14.4 Å². The Labute approximate surface area is 130 Å². The highest BCUT2D eigenvalue weighted by Gasteiger charge is 2.38. The largest absolute Gasteiger partial charge is 0.433 e. The van der Waals surface area contributed by atoms with Gasteiger partial charge in [0.15, 0.2) is 11.5 Å². The van der Waals surface area contributed by atoms with Crippen LogP contribution in [-0.4, -0.2) is 16.5 Å². The minimum absolute atomic E-state index is 0. The van der Waals surface area contributed by atoms with E-state index in [2.05, 4.69) is 15.3 Å². The molecular weight excluding hydrogens is 322 g/mol. The lowest BCUT2D eigenvalue weighted by Gasteiger charge is -2.21. The summed E-state index contributed by atoms with van der Waals surface area (Å²) < 4.78 is 52.7. The molecule has 3 rings (SSSR count). The van der Waals surface area contributed by atoms with E-state index in [1.54, 1.807) is 0 Å². The molecule has 1 aromatic carbocycles. The molecule has 1 aliphatic rings. The van der Waals surface area contributed by atoms with Crippen LogP contribution >= 0.6 is 12.4 Å². The minimum atomic E-state index is -4.55. The summed E-state index contributed by atoms with van der Waals surface area (Å²) in [5.74, 6) is -0.648. The van der Waals surface area contributed by atoms with Crippen LogP contribution in [0, 0.1) is 5.82 Å². The average molecular weight is 334 g/mol. The maximum Gasteiger partial charge on any atom is 0.433 e. The highest BCUT2D eigenvalue weighted by molar-refractivity contribution is 5.85. The first kappa shape index (κ1) is 16.6. The number of fused-ring (bicyclic) bond motifs is 1. The van der Waals surface area contributed by atoms with Crippen molar-refractivity contribution >= 4 is 12.4 Å². The van der Waals surface area contributed by atoms with Gasteiger partial charge in [-0.15, -0.1) is 12.4 Å². The standard InChI is InChI=1S/C14H11F4N3.ClH/c15-9-3-1-2-8(6-9)13-20-11-7-19-5-4-10(11)12(21-13)14(16,17)18;/h1-3,6,19H,4-5,7H2;1H. The van der Waals surface area contributed by atoms with Crippen LogP contribution in [0.3, 0.4) is 0 Å². The number of nitrogens with zero attached hydrogens (tertiary/aromatic N) is 2. The Morgan fingerprint density at radius 2 is 1.91 bits per heavy atom. The molecule has 0 saturated heterocycles. The van der Waals surface area contributed by atoms with Crippen LogP contribution in [0.2, 0.25) is 0 Å². The number of alkyl halides is 3. The Kier molecular flexibility index (Phi) is 4.67. The lowest BCUT2D eigenvalue weighted by Crippen LogP contribution is -2.28. The van der Waals surface area contributed by atoms with Gasteiger partial charge in [0, 0.05) is 17.7 Å². The van der Waals surface area contributed by atoms with E-state index in [0.717, 1.165) is 6.07 Å². The van der Waals surface area contributed by atoms with Crippen LogP contribution in [0.25, 0.3) is 11.4 Å². The molecule has 22 heavy (non-hydrogen) atoms. The number of benzene rings is 1. The van der Waals surface area contributed by atoms with Gasteiger partial charge in [-0.1, -0.05) is 12.1 Å². The van der Waals surface area contributed by atoms with Gasteiger partial charge in [0.2, 0.25) is 0 Å². The molecule has 0 unspecified atom stereocenters. The molecule has 8 heteroatoms. The fourth-order valence-electron chi connectivity index (χ4n) is 2.35. The van der Waals surface area contributed by atoms with Gasteiger partial charge in [0.25, 0.3) is 0 Å². The molecule has 0 atom stereocenters. The van der Waals surface area contributed by atoms with Gasteiger partial charge in [-0.3, -0.25) is 0 Å². The summed E-state index contributed by atoms with van der Waals surface area (Å²) in [4.78, 5) is 7.80. The van der Waals surface area contributed by atoms with Crippen LogP contribution in [0.4, 0.5) is 17.6 Å². The summed E-state index contributed by atoms with van der Waals surface area (Å²) in [6, 6.07) is 5.24. The number of nitrogens with one attached hydrogen (secondary N) is 1. The first-order valence-electron chi connectivity index (χ1n) is 6.39. The quantitative estimate of drug-likeness (QED) is 0.813. The lowest BCUT2D eigenvalue weighted by atomic mass is 10.0. The predicted octanol–water partition coefficient (Wildman–Crippen LogP) is 3.37. The van der Waals surface area contributed by atoms with Crippen LogP contribution in [0.15, 0.2) is 24.3 Å². The molecule has 0 aliphatic carbocycles. The summed E-state index contributed by atoms with van der Waals surface area (Å²) in [5, 5.41) is 2.98. The summed E-state index contributed by atoms with van der Waals surface area (Å²) >= 11 is 0. The molecule has 3 nitrogen and oxygen atoms in total. The topological polar surface area (TPSA) is 37.8 Å². The van der Waals surface area contributed by atoms with E-state index in [9.17, 15) is 17.6 Å². The van der Waals surface area contributed by atoms with E-state index in [4.69, 9.17) is 0 Å². The van der Waals surface area contributed by atoms with Crippen molar-refractivity contribution in [2.24, 2.45) is 0 Å². The van der Waals surface area contributed by atoms with E-state index in [-0.39, 0.29) is 42.3 Å². The molecule has 0 fully saturated rings. The van der Waals surface area contributed by atoms with Crippen LogP contribution in [-0.2, 0) is 19.1 Å². The highest BCUT2D eigenvalue weighted by Crippen LogP contribution is 2.34. The zero-order chi connectivity index (χ0) is 15.0. The summed E-state index contributed by atoms with van der Waals surface area (Å²) in [7, 11) is 0. The first-order chi connectivity index (χ1) is 9.95. The number of aromatic nitrogens is 2. The fourth-order valence-corrected chi connectivity index (χ4v) is 2.35. The maximum absolute atomic E-state index is 13.2. The van der Waals surface area contributed by atoms with Gasteiger partial charge in [0.1, 0.15) is 5.82 Å². The van der Waals surface area contributed by atoms with Crippen molar-refractivity contribution in [3.8, 4) is 11.4 Å². The molecule has 1 aliphatic heterocycles. The van der Waals surface area contributed by atoms with Crippen LogP contribution in [0.5, 0.6) is 0 Å². The third-order valence-electron chi connectivity index (χ3n) is 3.29. The summed E-state index contributed by atoms with van der Waals surface area (Å²) in [6.07, 6.45) is -4.32. The maximum atomic E-state index is 13.2. The molecule has 2 heterocycles. The van der Waals surface area contributed by atoms with Gasteiger partial charge in [-0.2, -0.15) is 13.2 Å². The lowest BCUT2D eigenvalue weighted by molar-refractivity contribution is -0.142.